The van der Waals surface area contributed by atoms with Crippen molar-refractivity contribution in [2.24, 2.45) is 7.05 Å². The topological polar surface area (TPSA) is 58.3 Å². The molecule has 0 N–H and O–H groups in total. The lowest BCUT2D eigenvalue weighted by atomic mass is 9.87. The molecule has 5 heteroatoms. The van der Waals surface area contributed by atoms with Crippen LogP contribution in [0.4, 0.5) is 4.79 Å². The van der Waals surface area contributed by atoms with E-state index < -0.39 is 11.6 Å². The summed E-state index contributed by atoms with van der Waals surface area (Å²) in [6, 6.07) is 10.4. The molecule has 0 saturated heterocycles. The lowest BCUT2D eigenvalue weighted by Gasteiger charge is -2.39. The van der Waals surface area contributed by atoms with E-state index in [4.69, 9.17) is 4.74 Å². The lowest BCUT2D eigenvalue weighted by Crippen LogP contribution is -2.51. The first-order valence-electron chi connectivity index (χ1n) is 7.47. The third-order valence-corrected chi connectivity index (χ3v) is 4.50. The van der Waals surface area contributed by atoms with Crippen molar-refractivity contribution < 1.29 is 9.53 Å². The number of nitriles is 1. The van der Waals surface area contributed by atoms with Gasteiger partial charge in [0.25, 0.3) is 0 Å². The van der Waals surface area contributed by atoms with Crippen molar-refractivity contribution in [2.75, 3.05) is 13.2 Å². The van der Waals surface area contributed by atoms with Gasteiger partial charge in [-0.3, -0.25) is 4.90 Å². The number of benzene rings is 1. The highest BCUT2D eigenvalue weighted by molar-refractivity contribution is 5.87. The molecule has 1 aliphatic rings. The Kier molecular flexibility index (Phi) is 3.32. The second-order valence-corrected chi connectivity index (χ2v) is 5.69. The molecule has 0 aliphatic carbocycles. The van der Waals surface area contributed by atoms with Crippen LogP contribution >= 0.6 is 0 Å². The molecule has 5 nitrogen and oxygen atoms in total. The number of aromatic nitrogens is 1. The summed E-state index contributed by atoms with van der Waals surface area (Å²) < 4.78 is 7.16. The van der Waals surface area contributed by atoms with Gasteiger partial charge in [0.2, 0.25) is 0 Å². The minimum atomic E-state index is -1.02. The fraction of sp³-hybridized carbons (Fsp3) is 0.412. The van der Waals surface area contributed by atoms with Crippen molar-refractivity contribution in [2.45, 2.75) is 25.8 Å². The molecule has 1 aromatic carbocycles. The van der Waals surface area contributed by atoms with E-state index in [1.807, 2.05) is 29.8 Å². The number of fused-ring (bicyclic) bond motifs is 3. The summed E-state index contributed by atoms with van der Waals surface area (Å²) in [6.45, 7) is 4.36. The van der Waals surface area contributed by atoms with Crippen LogP contribution in [0.15, 0.2) is 24.3 Å². The van der Waals surface area contributed by atoms with Crippen molar-refractivity contribution in [3.05, 3.63) is 35.5 Å². The van der Waals surface area contributed by atoms with Crippen molar-refractivity contribution in [3.8, 4) is 6.07 Å². The third-order valence-electron chi connectivity index (χ3n) is 4.50. The number of carbonyl (C=O) groups excluding carboxylic acids is 1. The number of amides is 1. The number of rotatable bonds is 1. The fourth-order valence-corrected chi connectivity index (χ4v) is 3.51. The van der Waals surface area contributed by atoms with Crippen LogP contribution < -0.4 is 0 Å². The highest BCUT2D eigenvalue weighted by Gasteiger charge is 2.45. The summed E-state index contributed by atoms with van der Waals surface area (Å²) in [4.78, 5) is 13.8. The standard InChI is InChI=1S/C17H19N3O2/c1-4-22-16(21)20-10-9-13-12-7-5-6-8-14(12)19(3)15(13)17(20,2)11-18/h5-8H,4,9-10H2,1-3H3. The first-order chi connectivity index (χ1) is 10.5. The van der Waals surface area contributed by atoms with Crippen LogP contribution in [0, 0.1) is 11.3 Å². The highest BCUT2D eigenvalue weighted by atomic mass is 16.6. The van der Waals surface area contributed by atoms with Gasteiger partial charge in [0, 0.05) is 24.5 Å². The van der Waals surface area contributed by atoms with Crippen LogP contribution in [0.25, 0.3) is 10.9 Å². The highest BCUT2D eigenvalue weighted by Crippen LogP contribution is 2.40. The van der Waals surface area contributed by atoms with Crippen LogP contribution in [0.3, 0.4) is 0 Å². The molecular weight excluding hydrogens is 278 g/mol. The molecule has 2 heterocycles. The number of hydrogen-bond acceptors (Lipinski definition) is 3. The lowest BCUT2D eigenvalue weighted by molar-refractivity contribution is 0.0697. The van der Waals surface area contributed by atoms with E-state index in [2.05, 4.69) is 12.1 Å². The molecule has 3 rings (SSSR count). The normalized spacial score (nSPS) is 20.5. The van der Waals surface area contributed by atoms with Crippen LogP contribution in [-0.2, 0) is 23.7 Å². The molecule has 1 amide bonds. The van der Waals surface area contributed by atoms with Gasteiger partial charge in [-0.1, -0.05) is 18.2 Å². The van der Waals surface area contributed by atoms with E-state index in [1.165, 1.54) is 4.90 Å². The predicted molar refractivity (Wildman–Crippen MR) is 83.3 cm³/mol. The van der Waals surface area contributed by atoms with Gasteiger partial charge in [-0.2, -0.15) is 5.26 Å². The van der Waals surface area contributed by atoms with Gasteiger partial charge < -0.3 is 9.30 Å². The molecule has 1 aromatic heterocycles. The Bertz CT molecular complexity index is 787. The average Bonchev–Trinajstić information content (AvgIpc) is 2.82. The maximum absolute atomic E-state index is 12.3. The smallest absolute Gasteiger partial charge is 0.411 e. The minimum Gasteiger partial charge on any atom is -0.450 e. The molecule has 2 aromatic rings. The Morgan fingerprint density at radius 1 is 1.45 bits per heavy atom. The Morgan fingerprint density at radius 3 is 2.86 bits per heavy atom. The van der Waals surface area contributed by atoms with Gasteiger partial charge in [0.1, 0.15) is 0 Å². The van der Waals surface area contributed by atoms with Crippen molar-refractivity contribution in [1.29, 1.82) is 5.26 Å². The Labute approximate surface area is 129 Å². The van der Waals surface area contributed by atoms with Crippen molar-refractivity contribution in [1.82, 2.24) is 9.47 Å². The zero-order valence-electron chi connectivity index (χ0n) is 13.1. The van der Waals surface area contributed by atoms with E-state index in [0.29, 0.717) is 13.2 Å². The van der Waals surface area contributed by atoms with Gasteiger partial charge in [0.15, 0.2) is 5.54 Å². The quantitative estimate of drug-likeness (QED) is 0.813. The summed E-state index contributed by atoms with van der Waals surface area (Å²) in [5.74, 6) is 0. The molecule has 0 radical (unpaired) electrons. The second-order valence-electron chi connectivity index (χ2n) is 5.69. The molecule has 0 bridgehead atoms. The SMILES string of the molecule is CCOC(=O)N1CCc2c(n(C)c3ccccc23)C1(C)C#N. The number of nitrogens with zero attached hydrogens (tertiary/aromatic N) is 3. The van der Waals surface area contributed by atoms with Crippen LogP contribution in [0.1, 0.15) is 25.1 Å². The van der Waals surface area contributed by atoms with Gasteiger partial charge in [-0.25, -0.2) is 4.79 Å². The fourth-order valence-electron chi connectivity index (χ4n) is 3.51. The first kappa shape index (κ1) is 14.5. The molecule has 1 unspecified atom stereocenters. The maximum atomic E-state index is 12.3. The number of ether oxygens (including phenoxy) is 1. The molecule has 0 spiro atoms. The van der Waals surface area contributed by atoms with Crippen molar-refractivity contribution >= 4 is 17.0 Å². The summed E-state index contributed by atoms with van der Waals surface area (Å²) >= 11 is 0. The number of para-hydroxylation sites is 1. The van der Waals surface area contributed by atoms with Crippen LogP contribution in [-0.4, -0.2) is 28.7 Å². The van der Waals surface area contributed by atoms with Gasteiger partial charge in [-0.05, 0) is 31.9 Å². The van der Waals surface area contributed by atoms with Crippen LogP contribution in [0.2, 0.25) is 0 Å². The summed E-state index contributed by atoms with van der Waals surface area (Å²) in [6.07, 6.45) is 0.301. The molecule has 114 valence electrons. The van der Waals surface area contributed by atoms with Crippen LogP contribution in [0.5, 0.6) is 0 Å². The second kappa shape index (κ2) is 5.06. The Hall–Kier alpha value is -2.48. The largest absolute Gasteiger partial charge is 0.450 e. The number of carbonyl (C=O) groups is 1. The van der Waals surface area contributed by atoms with Gasteiger partial charge >= 0.3 is 6.09 Å². The first-order valence-corrected chi connectivity index (χ1v) is 7.47. The van der Waals surface area contributed by atoms with E-state index >= 15 is 0 Å². The maximum Gasteiger partial charge on any atom is 0.411 e. The molecule has 0 saturated carbocycles. The Morgan fingerprint density at radius 2 is 2.18 bits per heavy atom. The zero-order valence-corrected chi connectivity index (χ0v) is 13.1. The molecule has 0 fully saturated rings. The average molecular weight is 297 g/mol. The zero-order chi connectivity index (χ0) is 15.9. The van der Waals surface area contributed by atoms with E-state index in [-0.39, 0.29) is 0 Å². The Balaban J connectivity index is 2.23. The molecule has 1 aliphatic heterocycles. The summed E-state index contributed by atoms with van der Waals surface area (Å²) in [7, 11) is 1.95. The number of hydrogen-bond donors (Lipinski definition) is 0. The molecule has 1 atom stereocenters. The molecular formula is C17H19N3O2. The minimum absolute atomic E-state index is 0.304. The summed E-state index contributed by atoms with van der Waals surface area (Å²) in [5, 5.41) is 11.0. The summed E-state index contributed by atoms with van der Waals surface area (Å²) in [5.41, 5.74) is 2.10. The van der Waals surface area contributed by atoms with Crippen molar-refractivity contribution in [3.63, 3.8) is 0 Å². The number of aryl methyl sites for hydroxylation is 1. The predicted octanol–water partition coefficient (Wildman–Crippen LogP) is 2.93. The van der Waals surface area contributed by atoms with Gasteiger partial charge in [-0.15, -0.1) is 0 Å². The third kappa shape index (κ3) is 1.80. The monoisotopic (exact) mass is 297 g/mol. The van der Waals surface area contributed by atoms with E-state index in [1.54, 1.807) is 13.8 Å². The van der Waals surface area contributed by atoms with E-state index in [9.17, 15) is 10.1 Å². The molecule has 22 heavy (non-hydrogen) atoms. The van der Waals surface area contributed by atoms with Gasteiger partial charge in [0.05, 0.1) is 18.4 Å². The van der Waals surface area contributed by atoms with E-state index in [0.717, 1.165) is 28.6 Å².